The van der Waals surface area contributed by atoms with Gasteiger partial charge in [0.05, 0.1) is 6.04 Å². The van der Waals surface area contributed by atoms with Crippen molar-refractivity contribution in [2.45, 2.75) is 38.1 Å². The van der Waals surface area contributed by atoms with Crippen LogP contribution in [0.5, 0.6) is 0 Å². The number of aliphatic carboxylic acids is 1. The predicted molar refractivity (Wildman–Crippen MR) is 111 cm³/mol. The van der Waals surface area contributed by atoms with E-state index in [1.54, 1.807) is 0 Å². The van der Waals surface area contributed by atoms with Crippen molar-refractivity contribution < 1.29 is 9.90 Å². The monoisotopic (exact) mass is 373 g/mol. The van der Waals surface area contributed by atoms with Gasteiger partial charge in [-0.1, -0.05) is 73.9 Å². The average Bonchev–Trinajstić information content (AvgIpc) is 3.08. The van der Waals surface area contributed by atoms with Gasteiger partial charge in [-0.25, -0.2) is 4.79 Å². The first kappa shape index (κ1) is 17.5. The van der Waals surface area contributed by atoms with Gasteiger partial charge in [-0.05, 0) is 41.7 Å². The molecule has 0 radical (unpaired) electrons. The number of allylic oxidation sites excluding steroid dienone is 3. The number of hydrogen-bond donors (Lipinski definition) is 1. The molecule has 2 heterocycles. The van der Waals surface area contributed by atoms with Crippen LogP contribution in [0.25, 0.3) is 5.57 Å². The summed E-state index contributed by atoms with van der Waals surface area (Å²) in [6, 6.07) is 10.9. The normalized spacial score (nSPS) is 29.5. The van der Waals surface area contributed by atoms with E-state index in [1.807, 2.05) is 6.08 Å². The van der Waals surface area contributed by atoms with Gasteiger partial charge in [0.25, 0.3) is 0 Å². The van der Waals surface area contributed by atoms with Crippen LogP contribution >= 0.6 is 0 Å². The van der Waals surface area contributed by atoms with Gasteiger partial charge in [0.2, 0.25) is 0 Å². The van der Waals surface area contributed by atoms with Crippen LogP contribution in [-0.4, -0.2) is 28.6 Å². The molecule has 0 amide bonds. The number of benzene rings is 1. The molecule has 2 aliphatic heterocycles. The van der Waals surface area contributed by atoms with Gasteiger partial charge in [0.1, 0.15) is 0 Å². The second-order valence-electron chi connectivity index (χ2n) is 8.50. The molecule has 0 bridgehead atoms. The molecule has 4 aliphatic rings. The molecule has 1 aromatic rings. The van der Waals surface area contributed by atoms with Gasteiger partial charge in [0, 0.05) is 24.0 Å². The Morgan fingerprint density at radius 2 is 1.82 bits per heavy atom. The van der Waals surface area contributed by atoms with Crippen LogP contribution in [0.1, 0.15) is 37.7 Å². The van der Waals surface area contributed by atoms with Gasteiger partial charge in [-0.3, -0.25) is 0 Å². The Bertz CT molecular complexity index is 886. The number of hydrogen-bond acceptors (Lipinski definition) is 2. The highest BCUT2D eigenvalue weighted by molar-refractivity contribution is 5.89. The Kier molecular flexibility index (Phi) is 4.46. The maximum Gasteiger partial charge on any atom is 0.332 e. The topological polar surface area (TPSA) is 40.5 Å². The van der Waals surface area contributed by atoms with E-state index in [1.165, 1.54) is 48.8 Å². The van der Waals surface area contributed by atoms with E-state index in [-0.39, 0.29) is 12.0 Å². The molecule has 1 fully saturated rings. The lowest BCUT2D eigenvalue weighted by Crippen LogP contribution is -2.39. The summed E-state index contributed by atoms with van der Waals surface area (Å²) >= 11 is 0. The molecule has 144 valence electrons. The second kappa shape index (κ2) is 7.12. The largest absolute Gasteiger partial charge is 0.478 e. The fraction of sp³-hybridized carbons (Fsp3) is 0.400. The minimum Gasteiger partial charge on any atom is -0.478 e. The zero-order valence-electron chi connectivity index (χ0n) is 16.1. The van der Waals surface area contributed by atoms with Crippen molar-refractivity contribution >= 4 is 11.5 Å². The van der Waals surface area contributed by atoms with E-state index in [4.69, 9.17) is 0 Å². The minimum atomic E-state index is -0.790. The van der Waals surface area contributed by atoms with Crippen molar-refractivity contribution in [3.63, 3.8) is 0 Å². The first-order valence-corrected chi connectivity index (χ1v) is 10.6. The molecule has 1 aromatic carbocycles. The van der Waals surface area contributed by atoms with Crippen molar-refractivity contribution in [2.24, 2.45) is 17.8 Å². The molecule has 0 aromatic heterocycles. The Morgan fingerprint density at radius 1 is 1.04 bits per heavy atom. The van der Waals surface area contributed by atoms with E-state index in [9.17, 15) is 9.90 Å². The van der Waals surface area contributed by atoms with Crippen molar-refractivity contribution in [3.05, 3.63) is 77.5 Å². The smallest absolute Gasteiger partial charge is 0.332 e. The second-order valence-corrected chi connectivity index (χ2v) is 8.50. The highest BCUT2D eigenvalue weighted by Crippen LogP contribution is 2.49. The third-order valence-corrected chi connectivity index (χ3v) is 7.03. The van der Waals surface area contributed by atoms with Gasteiger partial charge < -0.3 is 10.0 Å². The zero-order chi connectivity index (χ0) is 19.1. The first-order chi connectivity index (χ1) is 13.7. The lowest BCUT2D eigenvalue weighted by Gasteiger charge is -2.39. The number of carbonyl (C=O) groups is 1. The van der Waals surface area contributed by atoms with Crippen LogP contribution in [0.3, 0.4) is 0 Å². The van der Waals surface area contributed by atoms with Gasteiger partial charge in [0.15, 0.2) is 0 Å². The molecule has 0 saturated heterocycles. The van der Waals surface area contributed by atoms with Crippen molar-refractivity contribution in [1.82, 2.24) is 4.90 Å². The summed E-state index contributed by atoms with van der Waals surface area (Å²) in [5.74, 6) is 0.202. The molecule has 5 rings (SSSR count). The van der Waals surface area contributed by atoms with Gasteiger partial charge in [-0.15, -0.1) is 0 Å². The van der Waals surface area contributed by atoms with Gasteiger partial charge in [-0.2, -0.15) is 0 Å². The molecule has 2 aliphatic carbocycles. The summed E-state index contributed by atoms with van der Waals surface area (Å²) in [5.41, 5.74) is 4.69. The van der Waals surface area contributed by atoms with Crippen LogP contribution < -0.4 is 0 Å². The molecule has 28 heavy (non-hydrogen) atoms. The predicted octanol–water partition coefficient (Wildman–Crippen LogP) is 5.05. The van der Waals surface area contributed by atoms with Crippen molar-refractivity contribution in [2.75, 3.05) is 6.54 Å². The number of rotatable bonds is 3. The van der Waals surface area contributed by atoms with Crippen LogP contribution in [-0.2, 0) is 4.79 Å². The minimum absolute atomic E-state index is 0.0351. The molecular weight excluding hydrogens is 346 g/mol. The average molecular weight is 373 g/mol. The Labute approximate surface area is 166 Å². The molecule has 3 nitrogen and oxygen atoms in total. The summed E-state index contributed by atoms with van der Waals surface area (Å²) in [7, 11) is 0. The highest BCUT2D eigenvalue weighted by Gasteiger charge is 2.44. The summed E-state index contributed by atoms with van der Waals surface area (Å²) < 4.78 is 0. The number of nitrogens with zero attached hydrogens (tertiary/aromatic N) is 1. The molecular formula is C25H27NO2. The fourth-order valence-electron chi connectivity index (χ4n) is 5.78. The summed E-state index contributed by atoms with van der Waals surface area (Å²) in [6.07, 6.45) is 17.1. The Balaban J connectivity index is 1.64. The summed E-state index contributed by atoms with van der Waals surface area (Å²) in [5, 5.41) is 9.70. The third-order valence-electron chi connectivity index (χ3n) is 7.03. The van der Waals surface area contributed by atoms with Crippen LogP contribution in [0.4, 0.5) is 0 Å². The van der Waals surface area contributed by atoms with E-state index in [0.717, 1.165) is 6.54 Å². The first-order valence-electron chi connectivity index (χ1n) is 10.6. The van der Waals surface area contributed by atoms with E-state index >= 15 is 0 Å². The van der Waals surface area contributed by atoms with Crippen LogP contribution in [0.2, 0.25) is 0 Å². The molecule has 3 unspecified atom stereocenters. The van der Waals surface area contributed by atoms with E-state index in [2.05, 4.69) is 59.7 Å². The van der Waals surface area contributed by atoms with Crippen molar-refractivity contribution in [3.8, 4) is 0 Å². The Morgan fingerprint density at radius 3 is 2.57 bits per heavy atom. The van der Waals surface area contributed by atoms with Crippen LogP contribution in [0.15, 0.2) is 72.0 Å². The quantitative estimate of drug-likeness (QED) is 0.806. The highest BCUT2D eigenvalue weighted by atomic mass is 16.4. The lowest BCUT2D eigenvalue weighted by atomic mass is 9.67. The standard InChI is InChI=1S/C25H27NO2/c27-25(28)21-11-12-22-23(18-9-5-2-6-10-18)19(17-7-3-1-4-8-17)13-15-26-16-14-20(21)24(22)26/h1,3-4,7-8,11-14,16,18,20,23-24H,2,5-6,9-10,15H2,(H,27,28). The molecule has 0 spiro atoms. The number of carboxylic acid groups (broad SMARTS) is 1. The van der Waals surface area contributed by atoms with Crippen LogP contribution in [0, 0.1) is 17.8 Å². The molecule has 3 atom stereocenters. The molecule has 1 saturated carbocycles. The maximum absolute atomic E-state index is 11.8. The lowest BCUT2D eigenvalue weighted by molar-refractivity contribution is -0.133. The Hall–Kier alpha value is -2.55. The molecule has 1 N–H and O–H groups in total. The third kappa shape index (κ3) is 2.85. The summed E-state index contributed by atoms with van der Waals surface area (Å²) in [6.45, 7) is 0.843. The zero-order valence-corrected chi connectivity index (χ0v) is 16.1. The van der Waals surface area contributed by atoms with Gasteiger partial charge >= 0.3 is 5.97 Å². The van der Waals surface area contributed by atoms with E-state index < -0.39 is 5.97 Å². The SMILES string of the molecule is O=C(O)C1=CC=C2C(C3CCCCC3)C(c3ccccc3)=CCN3C=CC1C23. The van der Waals surface area contributed by atoms with E-state index in [0.29, 0.717) is 17.4 Å². The molecule has 3 heteroatoms. The fourth-order valence-corrected chi connectivity index (χ4v) is 5.78. The maximum atomic E-state index is 11.8. The summed E-state index contributed by atoms with van der Waals surface area (Å²) in [4.78, 5) is 14.2. The van der Waals surface area contributed by atoms with Crippen molar-refractivity contribution in [1.29, 1.82) is 0 Å². The number of carboxylic acids is 1.